The van der Waals surface area contributed by atoms with Gasteiger partial charge in [0.2, 0.25) is 0 Å². The molecule has 1 N–H and O–H groups in total. The van der Waals surface area contributed by atoms with Crippen LogP contribution in [0.4, 0.5) is 0 Å². The number of ether oxygens (including phenoxy) is 2. The number of hydrogen-bond acceptors (Lipinski definition) is 4. The van der Waals surface area contributed by atoms with Crippen LogP contribution in [-0.4, -0.2) is 30.9 Å². The van der Waals surface area contributed by atoms with Crippen molar-refractivity contribution in [2.45, 2.75) is 44.4 Å². The van der Waals surface area contributed by atoms with Crippen molar-refractivity contribution in [3.05, 3.63) is 23.7 Å². The summed E-state index contributed by atoms with van der Waals surface area (Å²) in [6.45, 7) is 3.17. The summed E-state index contributed by atoms with van der Waals surface area (Å²) in [4.78, 5) is 12.1. The first-order valence-electron chi connectivity index (χ1n) is 6.81. The summed E-state index contributed by atoms with van der Waals surface area (Å²) in [6.07, 6.45) is 5.02. The number of furan rings is 1. The van der Waals surface area contributed by atoms with E-state index in [4.69, 9.17) is 13.9 Å². The third kappa shape index (κ3) is 2.53. The Morgan fingerprint density at radius 3 is 2.58 bits per heavy atom. The molecule has 1 aromatic heterocycles. The molecule has 2 heterocycles. The van der Waals surface area contributed by atoms with Crippen molar-refractivity contribution in [1.29, 1.82) is 0 Å². The third-order valence-electron chi connectivity index (χ3n) is 4.00. The molecule has 5 heteroatoms. The van der Waals surface area contributed by atoms with Gasteiger partial charge in [0.1, 0.15) is 5.76 Å². The normalized spacial score (nSPS) is 22.8. The Morgan fingerprint density at radius 1 is 1.32 bits per heavy atom. The molecule has 1 aromatic rings. The lowest BCUT2D eigenvalue weighted by Gasteiger charge is -2.35. The molecule has 19 heavy (non-hydrogen) atoms. The highest BCUT2D eigenvalue weighted by Gasteiger charge is 2.40. The van der Waals surface area contributed by atoms with Gasteiger partial charge in [-0.3, -0.25) is 4.79 Å². The lowest BCUT2D eigenvalue weighted by atomic mass is 9.90. The van der Waals surface area contributed by atoms with Crippen LogP contribution in [0.15, 0.2) is 16.7 Å². The second-order valence-corrected chi connectivity index (χ2v) is 5.25. The minimum absolute atomic E-state index is 0.0551. The summed E-state index contributed by atoms with van der Waals surface area (Å²) in [5.41, 5.74) is 0.619. The predicted molar refractivity (Wildman–Crippen MR) is 67.8 cm³/mol. The van der Waals surface area contributed by atoms with E-state index in [0.29, 0.717) is 24.5 Å². The van der Waals surface area contributed by atoms with Crippen LogP contribution in [0, 0.1) is 6.92 Å². The number of rotatable bonds is 2. The fraction of sp³-hybridized carbons (Fsp3) is 0.643. The average molecular weight is 265 g/mol. The van der Waals surface area contributed by atoms with Gasteiger partial charge in [0.05, 0.1) is 25.0 Å². The molecule has 1 saturated carbocycles. The van der Waals surface area contributed by atoms with Gasteiger partial charge < -0.3 is 19.2 Å². The number of nitrogens with one attached hydrogen (secondary N) is 1. The van der Waals surface area contributed by atoms with Gasteiger partial charge in [-0.2, -0.15) is 0 Å². The summed E-state index contributed by atoms with van der Waals surface area (Å²) in [5, 5.41) is 3.06. The molecule has 1 saturated heterocycles. The van der Waals surface area contributed by atoms with E-state index < -0.39 is 0 Å². The largest absolute Gasteiger partial charge is 0.469 e. The summed E-state index contributed by atoms with van der Waals surface area (Å²) in [5.74, 6) is 0.236. The zero-order chi connectivity index (χ0) is 13.3. The van der Waals surface area contributed by atoms with Gasteiger partial charge >= 0.3 is 0 Å². The van der Waals surface area contributed by atoms with Crippen LogP contribution in [0.3, 0.4) is 0 Å². The minimum atomic E-state index is -0.368. The van der Waals surface area contributed by atoms with Crippen LogP contribution >= 0.6 is 0 Å². The van der Waals surface area contributed by atoms with Gasteiger partial charge in [0.25, 0.3) is 5.91 Å². The molecular weight excluding hydrogens is 246 g/mol. The van der Waals surface area contributed by atoms with Crippen LogP contribution in [0.25, 0.3) is 0 Å². The number of hydrogen-bond donors (Lipinski definition) is 1. The standard InChI is InChI=1S/C14H19NO4/c1-10-12(4-7-17-10)13(16)15-11-2-5-14(6-3-11)18-8-9-19-14/h4,7,11H,2-3,5-6,8-9H2,1H3,(H,15,16). The summed E-state index contributed by atoms with van der Waals surface area (Å²) in [7, 11) is 0. The lowest BCUT2D eigenvalue weighted by Crippen LogP contribution is -2.44. The molecule has 1 amide bonds. The van der Waals surface area contributed by atoms with Crippen LogP contribution in [0.2, 0.25) is 0 Å². The van der Waals surface area contributed by atoms with Gasteiger partial charge in [-0.1, -0.05) is 0 Å². The quantitative estimate of drug-likeness (QED) is 0.888. The highest BCUT2D eigenvalue weighted by molar-refractivity contribution is 5.95. The number of amides is 1. The van der Waals surface area contributed by atoms with E-state index >= 15 is 0 Å². The minimum Gasteiger partial charge on any atom is -0.469 e. The van der Waals surface area contributed by atoms with Crippen molar-refractivity contribution in [3.8, 4) is 0 Å². The number of aryl methyl sites for hydroxylation is 1. The molecule has 0 radical (unpaired) electrons. The topological polar surface area (TPSA) is 60.7 Å². The molecule has 0 atom stereocenters. The fourth-order valence-corrected chi connectivity index (χ4v) is 2.87. The number of carbonyl (C=O) groups excluding carboxylic acids is 1. The molecule has 1 spiro atoms. The second-order valence-electron chi connectivity index (χ2n) is 5.25. The van der Waals surface area contributed by atoms with Gasteiger partial charge in [0.15, 0.2) is 5.79 Å². The van der Waals surface area contributed by atoms with E-state index in [-0.39, 0.29) is 17.7 Å². The third-order valence-corrected chi connectivity index (χ3v) is 4.00. The van der Waals surface area contributed by atoms with Gasteiger partial charge in [-0.25, -0.2) is 0 Å². The van der Waals surface area contributed by atoms with Gasteiger partial charge in [-0.05, 0) is 25.8 Å². The first kappa shape index (κ1) is 12.7. The van der Waals surface area contributed by atoms with Crippen LogP contribution in [0.1, 0.15) is 41.8 Å². The van der Waals surface area contributed by atoms with Crippen molar-refractivity contribution >= 4 is 5.91 Å². The van der Waals surface area contributed by atoms with E-state index in [1.807, 2.05) is 0 Å². The average Bonchev–Trinajstić information content (AvgIpc) is 3.02. The van der Waals surface area contributed by atoms with E-state index in [1.165, 1.54) is 0 Å². The van der Waals surface area contributed by atoms with Crippen molar-refractivity contribution in [2.75, 3.05) is 13.2 Å². The van der Waals surface area contributed by atoms with E-state index in [0.717, 1.165) is 25.7 Å². The van der Waals surface area contributed by atoms with Crippen LogP contribution in [-0.2, 0) is 9.47 Å². The highest BCUT2D eigenvalue weighted by Crippen LogP contribution is 2.35. The van der Waals surface area contributed by atoms with Crippen molar-refractivity contribution in [1.82, 2.24) is 5.32 Å². The molecule has 3 rings (SSSR count). The first-order valence-corrected chi connectivity index (χ1v) is 6.81. The zero-order valence-electron chi connectivity index (χ0n) is 11.1. The molecule has 1 aliphatic heterocycles. The summed E-state index contributed by atoms with van der Waals surface area (Å²) in [6, 6.07) is 1.90. The Bertz CT molecular complexity index is 452. The smallest absolute Gasteiger partial charge is 0.255 e. The van der Waals surface area contributed by atoms with Crippen molar-refractivity contribution in [2.24, 2.45) is 0 Å². The van der Waals surface area contributed by atoms with Crippen LogP contribution in [0.5, 0.6) is 0 Å². The molecule has 2 fully saturated rings. The summed E-state index contributed by atoms with van der Waals surface area (Å²) >= 11 is 0. The summed E-state index contributed by atoms with van der Waals surface area (Å²) < 4.78 is 16.5. The van der Waals surface area contributed by atoms with E-state index in [2.05, 4.69) is 5.32 Å². The van der Waals surface area contributed by atoms with E-state index in [9.17, 15) is 4.79 Å². The Hall–Kier alpha value is -1.33. The molecule has 2 aliphatic rings. The molecule has 1 aliphatic carbocycles. The Kier molecular flexibility index (Phi) is 3.33. The van der Waals surface area contributed by atoms with Gasteiger partial charge in [0, 0.05) is 18.9 Å². The SMILES string of the molecule is Cc1occc1C(=O)NC1CCC2(CC1)OCCO2. The molecule has 0 aromatic carbocycles. The number of carbonyl (C=O) groups is 1. The Labute approximate surface area is 112 Å². The first-order chi connectivity index (χ1) is 9.19. The predicted octanol–water partition coefficient (Wildman–Crippen LogP) is 2.00. The van der Waals surface area contributed by atoms with E-state index in [1.54, 1.807) is 19.3 Å². The maximum absolute atomic E-state index is 12.1. The highest BCUT2D eigenvalue weighted by atomic mass is 16.7. The Morgan fingerprint density at radius 2 is 2.00 bits per heavy atom. The molecule has 104 valence electrons. The maximum Gasteiger partial charge on any atom is 0.255 e. The molecule has 0 bridgehead atoms. The van der Waals surface area contributed by atoms with Gasteiger partial charge in [-0.15, -0.1) is 0 Å². The second kappa shape index (κ2) is 4.98. The molecular formula is C14H19NO4. The lowest BCUT2D eigenvalue weighted by molar-refractivity contribution is -0.179. The van der Waals surface area contributed by atoms with Crippen LogP contribution < -0.4 is 5.32 Å². The zero-order valence-corrected chi connectivity index (χ0v) is 11.1. The Balaban J connectivity index is 1.55. The fourth-order valence-electron chi connectivity index (χ4n) is 2.87. The van der Waals surface area contributed by atoms with Crippen molar-refractivity contribution in [3.63, 3.8) is 0 Å². The maximum atomic E-state index is 12.1. The molecule has 0 unspecified atom stereocenters. The van der Waals surface area contributed by atoms with Crippen molar-refractivity contribution < 1.29 is 18.7 Å². The molecule has 5 nitrogen and oxygen atoms in total. The monoisotopic (exact) mass is 265 g/mol.